The van der Waals surface area contributed by atoms with Crippen molar-refractivity contribution in [2.45, 2.75) is 44.8 Å². The molecule has 17 heavy (non-hydrogen) atoms. The maximum Gasteiger partial charge on any atom is 0.0512 e. The Bertz CT molecular complexity index is 378. The molecule has 2 unspecified atom stereocenters. The Kier molecular flexibility index (Phi) is 4.43. The largest absolute Gasteiger partial charge is 0.393 e. The molecule has 0 aliphatic heterocycles. The Hall–Kier alpha value is -0.570. The summed E-state index contributed by atoms with van der Waals surface area (Å²) in [7, 11) is 0. The molecular formula is C14H20ClNO. The van der Waals surface area contributed by atoms with Gasteiger partial charge >= 0.3 is 0 Å². The van der Waals surface area contributed by atoms with Gasteiger partial charge in [-0.1, -0.05) is 17.7 Å². The van der Waals surface area contributed by atoms with E-state index >= 15 is 0 Å². The van der Waals surface area contributed by atoms with Crippen LogP contribution < -0.4 is 5.32 Å². The van der Waals surface area contributed by atoms with Gasteiger partial charge in [-0.2, -0.15) is 0 Å². The molecule has 1 aromatic rings. The topological polar surface area (TPSA) is 32.3 Å². The molecule has 2 rings (SSSR count). The van der Waals surface area contributed by atoms with Crippen LogP contribution >= 0.6 is 11.6 Å². The summed E-state index contributed by atoms with van der Waals surface area (Å²) in [6, 6.07) is 6.72. The van der Waals surface area contributed by atoms with Crippen molar-refractivity contribution in [3.05, 3.63) is 34.3 Å². The van der Waals surface area contributed by atoms with Crippen molar-refractivity contribution in [1.82, 2.24) is 5.32 Å². The summed E-state index contributed by atoms with van der Waals surface area (Å²) in [6.07, 6.45) is 3.89. The van der Waals surface area contributed by atoms with Crippen LogP contribution in [0, 0.1) is 0 Å². The second kappa shape index (κ2) is 5.85. The number of halogens is 1. The number of nitrogens with one attached hydrogen (secondary N) is 1. The summed E-state index contributed by atoms with van der Waals surface area (Å²) in [5.41, 5.74) is 2.80. The second-order valence-corrected chi connectivity index (χ2v) is 5.40. The van der Waals surface area contributed by atoms with E-state index in [4.69, 9.17) is 11.6 Å². The molecule has 0 saturated carbocycles. The highest BCUT2D eigenvalue weighted by molar-refractivity contribution is 6.30. The molecule has 2 nitrogen and oxygen atoms in total. The van der Waals surface area contributed by atoms with E-state index in [1.807, 2.05) is 13.0 Å². The van der Waals surface area contributed by atoms with E-state index < -0.39 is 0 Å². The van der Waals surface area contributed by atoms with Crippen LogP contribution in [0.25, 0.3) is 0 Å². The quantitative estimate of drug-likeness (QED) is 0.791. The smallest absolute Gasteiger partial charge is 0.0512 e. The minimum absolute atomic E-state index is 0.184. The second-order valence-electron chi connectivity index (χ2n) is 4.96. The highest BCUT2D eigenvalue weighted by Crippen LogP contribution is 2.25. The molecule has 2 atom stereocenters. The molecule has 1 aliphatic carbocycles. The predicted octanol–water partition coefficient (Wildman–Crippen LogP) is 2.56. The van der Waals surface area contributed by atoms with Gasteiger partial charge in [0.25, 0.3) is 0 Å². The molecule has 0 radical (unpaired) electrons. The maximum absolute atomic E-state index is 9.17. The van der Waals surface area contributed by atoms with Crippen LogP contribution in [0.5, 0.6) is 0 Å². The average molecular weight is 254 g/mol. The average Bonchev–Trinajstić information content (AvgIpc) is 2.66. The van der Waals surface area contributed by atoms with Gasteiger partial charge in [-0.3, -0.25) is 0 Å². The summed E-state index contributed by atoms with van der Waals surface area (Å²) in [4.78, 5) is 0. The zero-order chi connectivity index (χ0) is 12.3. The van der Waals surface area contributed by atoms with Crippen molar-refractivity contribution in [2.75, 3.05) is 6.54 Å². The lowest BCUT2D eigenvalue weighted by Gasteiger charge is -2.12. The zero-order valence-corrected chi connectivity index (χ0v) is 11.0. The molecule has 0 fully saturated rings. The number of fused-ring (bicyclic) bond motifs is 1. The lowest BCUT2D eigenvalue weighted by Crippen LogP contribution is -2.30. The fraction of sp³-hybridized carbons (Fsp3) is 0.571. The van der Waals surface area contributed by atoms with Gasteiger partial charge < -0.3 is 10.4 Å². The van der Waals surface area contributed by atoms with Crippen LogP contribution in [-0.4, -0.2) is 23.8 Å². The SMILES string of the molecule is CC(O)CCCNC1Cc2ccc(Cl)cc2C1. The number of hydrogen-bond acceptors (Lipinski definition) is 2. The molecule has 0 heterocycles. The van der Waals surface area contributed by atoms with Crippen LogP contribution in [0.2, 0.25) is 5.02 Å². The summed E-state index contributed by atoms with van der Waals surface area (Å²) in [6.45, 7) is 2.82. The Morgan fingerprint density at radius 2 is 2.18 bits per heavy atom. The van der Waals surface area contributed by atoms with Gasteiger partial charge in [0.05, 0.1) is 6.10 Å². The van der Waals surface area contributed by atoms with E-state index in [0.29, 0.717) is 6.04 Å². The molecule has 0 amide bonds. The van der Waals surface area contributed by atoms with Gasteiger partial charge in [0.2, 0.25) is 0 Å². The van der Waals surface area contributed by atoms with Crippen molar-refractivity contribution >= 4 is 11.6 Å². The van der Waals surface area contributed by atoms with Gasteiger partial charge in [-0.05, 0) is 62.4 Å². The Morgan fingerprint density at radius 1 is 1.41 bits per heavy atom. The zero-order valence-electron chi connectivity index (χ0n) is 10.2. The summed E-state index contributed by atoms with van der Waals surface area (Å²) in [5.74, 6) is 0. The Balaban J connectivity index is 1.76. The first-order chi connectivity index (χ1) is 8.15. The molecule has 94 valence electrons. The Morgan fingerprint density at radius 3 is 2.94 bits per heavy atom. The van der Waals surface area contributed by atoms with E-state index in [2.05, 4.69) is 17.4 Å². The number of rotatable bonds is 5. The van der Waals surface area contributed by atoms with E-state index in [0.717, 1.165) is 37.3 Å². The predicted molar refractivity (Wildman–Crippen MR) is 71.6 cm³/mol. The standard InChI is InChI=1S/C14H20ClNO/c1-10(17)3-2-6-16-14-8-11-4-5-13(15)7-12(11)9-14/h4-5,7,10,14,16-17H,2-3,6,8-9H2,1H3. The third kappa shape index (κ3) is 3.70. The molecule has 1 aliphatic rings. The first-order valence-electron chi connectivity index (χ1n) is 6.34. The highest BCUT2D eigenvalue weighted by Gasteiger charge is 2.20. The van der Waals surface area contributed by atoms with Crippen molar-refractivity contribution in [3.8, 4) is 0 Å². The van der Waals surface area contributed by atoms with Crippen molar-refractivity contribution < 1.29 is 5.11 Å². The van der Waals surface area contributed by atoms with E-state index in [9.17, 15) is 5.11 Å². The molecule has 0 bridgehead atoms. The summed E-state index contributed by atoms with van der Waals surface area (Å²) >= 11 is 5.98. The molecule has 0 saturated heterocycles. The van der Waals surface area contributed by atoms with Crippen LogP contribution in [0.4, 0.5) is 0 Å². The maximum atomic E-state index is 9.17. The first kappa shape index (κ1) is 12.9. The normalized spacial score (nSPS) is 20.3. The lowest BCUT2D eigenvalue weighted by molar-refractivity contribution is 0.181. The monoisotopic (exact) mass is 253 g/mol. The lowest BCUT2D eigenvalue weighted by atomic mass is 10.1. The van der Waals surface area contributed by atoms with Crippen molar-refractivity contribution in [3.63, 3.8) is 0 Å². The molecule has 0 aromatic heterocycles. The van der Waals surface area contributed by atoms with Crippen LogP contribution in [0.3, 0.4) is 0 Å². The molecule has 2 N–H and O–H groups in total. The van der Waals surface area contributed by atoms with Crippen LogP contribution in [-0.2, 0) is 12.8 Å². The van der Waals surface area contributed by atoms with Gasteiger partial charge in [-0.25, -0.2) is 0 Å². The number of hydrogen-bond donors (Lipinski definition) is 2. The molecule has 0 spiro atoms. The third-order valence-electron chi connectivity index (χ3n) is 3.33. The first-order valence-corrected chi connectivity index (χ1v) is 6.71. The molecule has 1 aromatic carbocycles. The van der Waals surface area contributed by atoms with Gasteiger partial charge in [0.15, 0.2) is 0 Å². The molecule has 3 heteroatoms. The molecular weight excluding hydrogens is 234 g/mol. The van der Waals surface area contributed by atoms with Crippen molar-refractivity contribution in [1.29, 1.82) is 0 Å². The fourth-order valence-electron chi connectivity index (χ4n) is 2.43. The van der Waals surface area contributed by atoms with E-state index in [1.165, 1.54) is 11.1 Å². The van der Waals surface area contributed by atoms with E-state index in [1.54, 1.807) is 0 Å². The van der Waals surface area contributed by atoms with Gasteiger partial charge in [0.1, 0.15) is 0 Å². The van der Waals surface area contributed by atoms with Gasteiger partial charge in [-0.15, -0.1) is 0 Å². The van der Waals surface area contributed by atoms with Crippen LogP contribution in [0.1, 0.15) is 30.9 Å². The summed E-state index contributed by atoms with van der Waals surface area (Å²) < 4.78 is 0. The summed E-state index contributed by atoms with van der Waals surface area (Å²) in [5, 5.41) is 13.6. The third-order valence-corrected chi connectivity index (χ3v) is 3.57. The van der Waals surface area contributed by atoms with Gasteiger partial charge in [0, 0.05) is 11.1 Å². The number of aliphatic hydroxyl groups is 1. The highest BCUT2D eigenvalue weighted by atomic mass is 35.5. The number of aliphatic hydroxyl groups excluding tert-OH is 1. The van der Waals surface area contributed by atoms with Crippen molar-refractivity contribution in [2.24, 2.45) is 0 Å². The fourth-order valence-corrected chi connectivity index (χ4v) is 2.63. The number of benzene rings is 1. The Labute approximate surface area is 108 Å². The van der Waals surface area contributed by atoms with Crippen LogP contribution in [0.15, 0.2) is 18.2 Å². The minimum Gasteiger partial charge on any atom is -0.393 e. The minimum atomic E-state index is -0.184. The van der Waals surface area contributed by atoms with E-state index in [-0.39, 0.29) is 6.10 Å².